The summed E-state index contributed by atoms with van der Waals surface area (Å²) < 4.78 is 0. The van der Waals surface area contributed by atoms with E-state index in [4.69, 9.17) is 0 Å². The molecule has 0 saturated heterocycles. The van der Waals surface area contributed by atoms with Gasteiger partial charge in [0.25, 0.3) is 0 Å². The van der Waals surface area contributed by atoms with Crippen LogP contribution >= 0.6 is 0 Å². The van der Waals surface area contributed by atoms with Crippen molar-refractivity contribution < 1.29 is 0 Å². The highest BCUT2D eigenvalue weighted by Gasteiger charge is 2.46. The van der Waals surface area contributed by atoms with E-state index in [1.807, 2.05) is 0 Å². The van der Waals surface area contributed by atoms with E-state index in [1.165, 1.54) is 88.7 Å². The summed E-state index contributed by atoms with van der Waals surface area (Å²) >= 11 is 0. The second kappa shape index (κ2) is 14.4. The molecule has 298 valence electrons. The van der Waals surface area contributed by atoms with Crippen LogP contribution in [0.25, 0.3) is 55.3 Å². The molecular weight excluding hydrogens is 759 g/mol. The first-order chi connectivity index (χ1) is 31.0. The van der Waals surface area contributed by atoms with E-state index in [9.17, 15) is 0 Å². The number of nitrogens with zero attached hydrogens (tertiary/aromatic N) is 1. The summed E-state index contributed by atoms with van der Waals surface area (Å²) in [5.41, 5.74) is 20.6. The zero-order valence-corrected chi connectivity index (χ0v) is 35.5. The highest BCUT2D eigenvalue weighted by Crippen LogP contribution is 2.58. The van der Waals surface area contributed by atoms with Crippen molar-refractivity contribution in [2.45, 2.75) is 24.7 Å². The Kier molecular flexibility index (Phi) is 8.49. The third-order valence-electron chi connectivity index (χ3n) is 13.9. The molecule has 0 atom stereocenters. The maximum Gasteiger partial charge on any atom is 0.0714 e. The fraction of sp³-hybridized carbons (Fsp3) is 0.0645. The van der Waals surface area contributed by atoms with E-state index in [2.05, 4.69) is 255 Å². The second-order valence-electron chi connectivity index (χ2n) is 17.6. The van der Waals surface area contributed by atoms with Crippen molar-refractivity contribution >= 4 is 27.8 Å². The predicted molar refractivity (Wildman–Crippen MR) is 264 cm³/mol. The molecule has 0 unspecified atom stereocenters. The van der Waals surface area contributed by atoms with Crippen LogP contribution in [0.15, 0.2) is 237 Å². The van der Waals surface area contributed by atoms with E-state index in [0.29, 0.717) is 0 Å². The molecule has 0 aliphatic heterocycles. The van der Waals surface area contributed by atoms with Crippen LogP contribution in [0.5, 0.6) is 0 Å². The standard InChI is InChI=1S/C62H45N/c1-61(2)57-38-36-48(39-55(57)56-41-54(44-21-9-4-10-22-44)50-27-15-16-29-53(50)60(56)61)63(47-33-31-43(32-34-47)42-19-7-3-8-20-42)49-35-37-52-51-28-17-18-30-58(51)62(59(52)40-49,45-23-11-5-12-24-45)46-25-13-6-14-26-46/h3-41H,1-2H3. The van der Waals surface area contributed by atoms with Gasteiger partial charge in [0.2, 0.25) is 0 Å². The molecule has 0 aromatic heterocycles. The Morgan fingerprint density at radius 2 is 0.810 bits per heavy atom. The van der Waals surface area contributed by atoms with Crippen LogP contribution in [-0.2, 0) is 10.8 Å². The fourth-order valence-corrected chi connectivity index (χ4v) is 11.1. The van der Waals surface area contributed by atoms with Gasteiger partial charge in [-0.05, 0) is 131 Å². The molecule has 1 heteroatoms. The Bertz CT molecular complexity index is 3290. The number of hydrogen-bond acceptors (Lipinski definition) is 1. The zero-order valence-electron chi connectivity index (χ0n) is 35.5. The van der Waals surface area contributed by atoms with Gasteiger partial charge in [-0.2, -0.15) is 0 Å². The summed E-state index contributed by atoms with van der Waals surface area (Å²) in [7, 11) is 0. The van der Waals surface area contributed by atoms with Gasteiger partial charge in [-0.15, -0.1) is 0 Å². The van der Waals surface area contributed by atoms with Gasteiger partial charge < -0.3 is 4.90 Å². The van der Waals surface area contributed by atoms with Gasteiger partial charge in [-0.25, -0.2) is 0 Å². The van der Waals surface area contributed by atoms with Crippen LogP contribution in [0, 0.1) is 0 Å². The molecule has 0 bridgehead atoms. The maximum atomic E-state index is 2.48. The summed E-state index contributed by atoms with van der Waals surface area (Å²) in [4.78, 5) is 2.48. The van der Waals surface area contributed by atoms with Crippen molar-refractivity contribution in [1.82, 2.24) is 0 Å². The number of rotatable bonds is 7. The second-order valence-corrected chi connectivity index (χ2v) is 17.6. The van der Waals surface area contributed by atoms with E-state index < -0.39 is 5.41 Å². The van der Waals surface area contributed by atoms with E-state index >= 15 is 0 Å². The topological polar surface area (TPSA) is 3.24 Å². The van der Waals surface area contributed by atoms with Crippen molar-refractivity contribution in [2.24, 2.45) is 0 Å². The normalized spacial score (nSPS) is 13.8. The van der Waals surface area contributed by atoms with Gasteiger partial charge in [0.1, 0.15) is 0 Å². The van der Waals surface area contributed by atoms with Crippen molar-refractivity contribution in [3.63, 3.8) is 0 Å². The van der Waals surface area contributed by atoms with Crippen LogP contribution in [0.3, 0.4) is 0 Å². The van der Waals surface area contributed by atoms with Gasteiger partial charge in [-0.3, -0.25) is 0 Å². The van der Waals surface area contributed by atoms with Crippen LogP contribution in [0.1, 0.15) is 47.2 Å². The lowest BCUT2D eigenvalue weighted by Gasteiger charge is -2.35. The molecule has 0 spiro atoms. The lowest BCUT2D eigenvalue weighted by molar-refractivity contribution is 0.666. The van der Waals surface area contributed by atoms with Gasteiger partial charge in [0, 0.05) is 22.5 Å². The zero-order chi connectivity index (χ0) is 42.1. The first-order valence-corrected chi connectivity index (χ1v) is 22.1. The van der Waals surface area contributed by atoms with Crippen LogP contribution in [-0.4, -0.2) is 0 Å². The molecule has 10 aromatic rings. The van der Waals surface area contributed by atoms with Crippen molar-refractivity contribution in [3.8, 4) is 44.5 Å². The van der Waals surface area contributed by atoms with Gasteiger partial charge in [-0.1, -0.05) is 208 Å². The smallest absolute Gasteiger partial charge is 0.0714 e. The minimum Gasteiger partial charge on any atom is -0.310 e. The molecule has 12 rings (SSSR count). The predicted octanol–water partition coefficient (Wildman–Crippen LogP) is 16.3. The average molecular weight is 804 g/mol. The van der Waals surface area contributed by atoms with Crippen LogP contribution < -0.4 is 4.90 Å². The average Bonchev–Trinajstić information content (AvgIpc) is 3.77. The minimum atomic E-state index is -0.511. The summed E-state index contributed by atoms with van der Waals surface area (Å²) in [6.45, 7) is 4.80. The number of hydrogen-bond donors (Lipinski definition) is 0. The molecule has 2 aliphatic carbocycles. The highest BCUT2D eigenvalue weighted by molar-refractivity contribution is 6.06. The Balaban J connectivity index is 1.10. The van der Waals surface area contributed by atoms with E-state index in [1.54, 1.807) is 0 Å². The molecule has 1 nitrogen and oxygen atoms in total. The quantitative estimate of drug-likeness (QED) is 0.155. The van der Waals surface area contributed by atoms with E-state index in [0.717, 1.165) is 17.1 Å². The molecule has 0 saturated carbocycles. The maximum absolute atomic E-state index is 2.48. The molecule has 0 N–H and O–H groups in total. The van der Waals surface area contributed by atoms with Gasteiger partial charge >= 0.3 is 0 Å². The number of fused-ring (bicyclic) bond motifs is 8. The molecule has 0 fully saturated rings. The molecule has 10 aromatic carbocycles. The third-order valence-corrected chi connectivity index (χ3v) is 13.9. The monoisotopic (exact) mass is 803 g/mol. The molecule has 0 heterocycles. The Labute approximate surface area is 370 Å². The number of benzene rings is 10. The molecule has 2 aliphatic rings. The summed E-state index contributed by atoms with van der Waals surface area (Å²) in [6, 6.07) is 87.7. The minimum absolute atomic E-state index is 0.190. The van der Waals surface area contributed by atoms with Crippen LogP contribution in [0.2, 0.25) is 0 Å². The molecule has 63 heavy (non-hydrogen) atoms. The number of anilines is 3. The lowest BCUT2D eigenvalue weighted by atomic mass is 9.67. The van der Waals surface area contributed by atoms with Crippen molar-refractivity contribution in [1.29, 1.82) is 0 Å². The van der Waals surface area contributed by atoms with Crippen LogP contribution in [0.4, 0.5) is 17.1 Å². The lowest BCUT2D eigenvalue weighted by Crippen LogP contribution is -2.28. The van der Waals surface area contributed by atoms with Gasteiger partial charge in [0.15, 0.2) is 0 Å². The Morgan fingerprint density at radius 1 is 0.302 bits per heavy atom. The Morgan fingerprint density at radius 3 is 1.49 bits per heavy atom. The van der Waals surface area contributed by atoms with E-state index in [-0.39, 0.29) is 5.41 Å². The molecule has 0 radical (unpaired) electrons. The molecular formula is C62H45N. The first-order valence-electron chi connectivity index (χ1n) is 22.1. The summed E-state index contributed by atoms with van der Waals surface area (Å²) in [5, 5.41) is 2.62. The summed E-state index contributed by atoms with van der Waals surface area (Å²) in [5.74, 6) is 0. The Hall–Kier alpha value is -7.74. The van der Waals surface area contributed by atoms with Gasteiger partial charge in [0.05, 0.1) is 5.41 Å². The SMILES string of the molecule is CC1(C)c2ccc(N(c3ccc(-c4ccccc4)cc3)c3ccc4c(c3)C(c3ccccc3)(c3ccccc3)c3ccccc3-4)cc2-c2cc(-c3ccccc3)c3ccccc3c21. The molecule has 0 amide bonds. The fourth-order valence-electron chi connectivity index (χ4n) is 11.1. The largest absolute Gasteiger partial charge is 0.310 e. The van der Waals surface area contributed by atoms with Crippen molar-refractivity contribution in [2.75, 3.05) is 4.90 Å². The van der Waals surface area contributed by atoms with Crippen molar-refractivity contribution in [3.05, 3.63) is 270 Å². The first kappa shape index (κ1) is 37.1. The highest BCUT2D eigenvalue weighted by atomic mass is 15.1. The third kappa shape index (κ3) is 5.63. The summed E-state index contributed by atoms with van der Waals surface area (Å²) in [6.07, 6.45) is 0.